The maximum absolute atomic E-state index is 12.9. The lowest BCUT2D eigenvalue weighted by molar-refractivity contribution is -0.115. The fourth-order valence-corrected chi connectivity index (χ4v) is 1.83. The van der Waals surface area contributed by atoms with Crippen LogP contribution < -0.4 is 0 Å². The van der Waals surface area contributed by atoms with Gasteiger partial charge in [0.1, 0.15) is 12.1 Å². The van der Waals surface area contributed by atoms with Gasteiger partial charge in [-0.1, -0.05) is 18.6 Å². The molecular formula is C11H12F2O. The fourth-order valence-electron chi connectivity index (χ4n) is 1.83. The van der Waals surface area contributed by atoms with E-state index in [1.165, 1.54) is 12.1 Å². The molecule has 0 heterocycles. The number of rotatable bonds is 2. The molecule has 1 fully saturated rings. The summed E-state index contributed by atoms with van der Waals surface area (Å²) in [7, 11) is 0. The Bertz CT molecular complexity index is 332. The van der Waals surface area contributed by atoms with Crippen LogP contribution in [-0.4, -0.2) is 6.29 Å². The van der Waals surface area contributed by atoms with Crippen LogP contribution in [0.25, 0.3) is 0 Å². The van der Waals surface area contributed by atoms with Crippen LogP contribution in [0.1, 0.15) is 24.8 Å². The zero-order valence-electron chi connectivity index (χ0n) is 7.70. The number of hydrogen-bond acceptors (Lipinski definition) is 1. The molecule has 1 aliphatic rings. The molecule has 1 aromatic carbocycles. The predicted molar refractivity (Wildman–Crippen MR) is 50.5 cm³/mol. The molecule has 1 aliphatic carbocycles. The highest BCUT2D eigenvalue weighted by molar-refractivity contribution is 5.70. The molecule has 1 saturated carbocycles. The van der Waals surface area contributed by atoms with Gasteiger partial charge in [-0.15, -0.1) is 0 Å². The number of aldehydes is 1. The van der Waals surface area contributed by atoms with Crippen molar-refractivity contribution in [1.82, 2.24) is 0 Å². The summed E-state index contributed by atoms with van der Waals surface area (Å²) in [6.45, 7) is 0. The summed E-state index contributed by atoms with van der Waals surface area (Å²) in [5, 5.41) is 0. The normalized spacial score (nSPS) is 17.8. The average Bonchev–Trinajstić information content (AvgIpc) is 2.03. The van der Waals surface area contributed by atoms with Crippen LogP contribution in [0, 0.1) is 5.82 Å². The van der Waals surface area contributed by atoms with E-state index >= 15 is 0 Å². The summed E-state index contributed by atoms with van der Waals surface area (Å²) >= 11 is 0. The molecule has 14 heavy (non-hydrogen) atoms. The Balaban J connectivity index is 0.000000980. The van der Waals surface area contributed by atoms with Crippen LogP contribution in [0.15, 0.2) is 24.3 Å². The van der Waals surface area contributed by atoms with Crippen LogP contribution in [0.5, 0.6) is 0 Å². The molecule has 0 aliphatic heterocycles. The van der Waals surface area contributed by atoms with Gasteiger partial charge in [-0.25, -0.2) is 4.39 Å². The highest BCUT2D eigenvalue weighted by atomic mass is 19.1. The Morgan fingerprint density at radius 1 is 1.36 bits per heavy atom. The van der Waals surface area contributed by atoms with Crippen molar-refractivity contribution in [2.75, 3.05) is 0 Å². The van der Waals surface area contributed by atoms with Gasteiger partial charge in [0.15, 0.2) is 0 Å². The summed E-state index contributed by atoms with van der Waals surface area (Å²) in [4.78, 5) is 10.9. The smallest absolute Gasteiger partial charge is 0.130 e. The molecular weight excluding hydrogens is 186 g/mol. The van der Waals surface area contributed by atoms with E-state index in [9.17, 15) is 9.18 Å². The number of benzene rings is 1. The summed E-state index contributed by atoms with van der Waals surface area (Å²) in [6.07, 6.45) is 3.75. The van der Waals surface area contributed by atoms with E-state index in [0.29, 0.717) is 0 Å². The highest BCUT2D eigenvalue weighted by Gasteiger charge is 2.38. The molecule has 0 amide bonds. The van der Waals surface area contributed by atoms with E-state index in [-0.39, 0.29) is 15.9 Å². The van der Waals surface area contributed by atoms with Gasteiger partial charge < -0.3 is 4.79 Å². The summed E-state index contributed by atoms with van der Waals surface area (Å²) in [5.74, 6) is -0.259. The van der Waals surface area contributed by atoms with Crippen LogP contribution in [0.2, 0.25) is 0 Å². The largest absolute Gasteiger partial charge is 0.302 e. The molecule has 76 valence electrons. The lowest BCUT2D eigenvalue weighted by Crippen LogP contribution is -2.35. The van der Waals surface area contributed by atoms with Crippen molar-refractivity contribution in [2.24, 2.45) is 0 Å². The average molecular weight is 198 g/mol. The van der Waals surface area contributed by atoms with Gasteiger partial charge in [0.2, 0.25) is 0 Å². The van der Waals surface area contributed by atoms with E-state index in [1.807, 2.05) is 6.07 Å². The second-order valence-corrected chi connectivity index (χ2v) is 3.64. The third-order valence-corrected chi connectivity index (χ3v) is 2.87. The molecule has 0 unspecified atom stereocenters. The second kappa shape index (κ2) is 3.86. The van der Waals surface area contributed by atoms with E-state index < -0.39 is 0 Å². The first-order chi connectivity index (χ1) is 6.27. The Kier molecular flexibility index (Phi) is 2.99. The molecule has 1 nitrogen and oxygen atoms in total. The van der Waals surface area contributed by atoms with E-state index in [0.717, 1.165) is 31.1 Å². The van der Waals surface area contributed by atoms with Gasteiger partial charge in [0.25, 0.3) is 0 Å². The predicted octanol–water partition coefficient (Wildman–Crippen LogP) is 2.60. The maximum Gasteiger partial charge on any atom is 0.130 e. The molecule has 1 aromatic rings. The van der Waals surface area contributed by atoms with Crippen molar-refractivity contribution in [3.8, 4) is 0 Å². The maximum atomic E-state index is 12.9. The number of carbonyl (C=O) groups excluding carboxylic acids is 1. The Hall–Kier alpha value is -1.25. The number of hydrogen-bond donors (Lipinski definition) is 0. The first-order valence-electron chi connectivity index (χ1n) is 4.49. The zero-order valence-corrected chi connectivity index (χ0v) is 7.70. The SMILES string of the molecule is F.O=CC1(c2cccc(F)c2)CCC1. The molecule has 0 aromatic heterocycles. The van der Waals surface area contributed by atoms with Crippen molar-refractivity contribution < 1.29 is 13.9 Å². The van der Waals surface area contributed by atoms with Gasteiger partial charge in [-0.05, 0) is 30.5 Å². The monoisotopic (exact) mass is 198 g/mol. The summed E-state index contributed by atoms with van der Waals surface area (Å²) < 4.78 is 12.9. The minimum absolute atomic E-state index is 0. The van der Waals surface area contributed by atoms with Crippen molar-refractivity contribution in [3.05, 3.63) is 35.6 Å². The third-order valence-electron chi connectivity index (χ3n) is 2.87. The molecule has 0 N–H and O–H groups in total. The number of carbonyl (C=O) groups is 1. The van der Waals surface area contributed by atoms with Gasteiger partial charge in [-0.2, -0.15) is 0 Å². The molecule has 2 rings (SSSR count). The van der Waals surface area contributed by atoms with Crippen LogP contribution in [0.3, 0.4) is 0 Å². The molecule has 0 atom stereocenters. The van der Waals surface area contributed by atoms with Gasteiger partial charge in [-0.3, -0.25) is 4.70 Å². The van der Waals surface area contributed by atoms with Crippen molar-refractivity contribution in [3.63, 3.8) is 0 Å². The zero-order chi connectivity index (χ0) is 9.31. The molecule has 0 saturated heterocycles. The minimum atomic E-state index is -0.373. The first kappa shape index (κ1) is 10.8. The molecule has 0 bridgehead atoms. The first-order valence-corrected chi connectivity index (χ1v) is 4.49. The minimum Gasteiger partial charge on any atom is -0.302 e. The fraction of sp³-hybridized carbons (Fsp3) is 0.364. The van der Waals surface area contributed by atoms with E-state index in [1.54, 1.807) is 6.07 Å². The third kappa shape index (κ3) is 1.54. The Labute approximate surface area is 81.3 Å². The van der Waals surface area contributed by atoms with Crippen molar-refractivity contribution in [2.45, 2.75) is 24.7 Å². The van der Waals surface area contributed by atoms with Crippen molar-refractivity contribution in [1.29, 1.82) is 0 Å². The van der Waals surface area contributed by atoms with Crippen LogP contribution >= 0.6 is 0 Å². The topological polar surface area (TPSA) is 17.1 Å². The summed E-state index contributed by atoms with van der Waals surface area (Å²) in [6, 6.07) is 6.36. The standard InChI is InChI=1S/C11H11FO.FH/c12-10-4-1-3-9(7-10)11(8-13)5-2-6-11;/h1,3-4,7-8H,2,5-6H2;1H. The van der Waals surface area contributed by atoms with Crippen LogP contribution in [-0.2, 0) is 10.2 Å². The quantitative estimate of drug-likeness (QED) is 0.667. The van der Waals surface area contributed by atoms with Crippen LogP contribution in [0.4, 0.5) is 9.09 Å². The molecule has 0 radical (unpaired) electrons. The molecule has 0 spiro atoms. The summed E-state index contributed by atoms with van der Waals surface area (Å²) in [5.41, 5.74) is 0.455. The Morgan fingerprint density at radius 2 is 2.07 bits per heavy atom. The second-order valence-electron chi connectivity index (χ2n) is 3.64. The Morgan fingerprint density at radius 3 is 2.50 bits per heavy atom. The van der Waals surface area contributed by atoms with Gasteiger partial charge in [0, 0.05) is 0 Å². The van der Waals surface area contributed by atoms with E-state index in [4.69, 9.17) is 0 Å². The number of halogens is 2. The lowest BCUT2D eigenvalue weighted by Gasteiger charge is -2.37. The lowest BCUT2D eigenvalue weighted by atomic mass is 9.65. The van der Waals surface area contributed by atoms with Gasteiger partial charge >= 0.3 is 0 Å². The van der Waals surface area contributed by atoms with Crippen molar-refractivity contribution >= 4 is 6.29 Å². The van der Waals surface area contributed by atoms with E-state index in [2.05, 4.69) is 0 Å². The molecule has 3 heteroatoms. The highest BCUT2D eigenvalue weighted by Crippen LogP contribution is 2.41. The van der Waals surface area contributed by atoms with Gasteiger partial charge in [0.05, 0.1) is 5.41 Å².